The summed E-state index contributed by atoms with van der Waals surface area (Å²) in [4.78, 5) is 18.6. The van der Waals surface area contributed by atoms with E-state index < -0.39 is 0 Å². The molecule has 2 N–H and O–H groups in total. The topological polar surface area (TPSA) is 56.7 Å². The third kappa shape index (κ3) is 8.25. The highest BCUT2D eigenvalue weighted by molar-refractivity contribution is 14.0. The Labute approximate surface area is 183 Å². The summed E-state index contributed by atoms with van der Waals surface area (Å²) >= 11 is 2.03. The number of amides is 1. The number of rotatable bonds is 6. The first-order valence-corrected chi connectivity index (χ1v) is 10.1. The molecule has 0 aliphatic carbocycles. The lowest BCUT2D eigenvalue weighted by Gasteiger charge is -2.36. The zero-order valence-corrected chi connectivity index (χ0v) is 19.4. The molecular formula is C19H30FIN4OS. The molecule has 1 aliphatic heterocycles. The van der Waals surface area contributed by atoms with Gasteiger partial charge in [0.2, 0.25) is 5.91 Å². The van der Waals surface area contributed by atoms with Gasteiger partial charge < -0.3 is 15.5 Å². The van der Waals surface area contributed by atoms with Gasteiger partial charge in [-0.2, -0.15) is 11.8 Å². The Morgan fingerprint density at radius 3 is 2.78 bits per heavy atom. The molecule has 27 heavy (non-hydrogen) atoms. The minimum absolute atomic E-state index is 0. The highest BCUT2D eigenvalue weighted by Gasteiger charge is 2.24. The highest BCUT2D eigenvalue weighted by atomic mass is 127. The third-order valence-corrected chi connectivity index (χ3v) is 5.87. The van der Waals surface area contributed by atoms with Crippen molar-refractivity contribution in [3.63, 3.8) is 0 Å². The van der Waals surface area contributed by atoms with Crippen LogP contribution in [0.1, 0.15) is 19.4 Å². The summed E-state index contributed by atoms with van der Waals surface area (Å²) in [6, 6.07) is 6.13. The number of halogens is 2. The molecule has 0 spiro atoms. The fourth-order valence-corrected chi connectivity index (χ4v) is 4.17. The first kappa shape index (κ1) is 24.0. The Balaban J connectivity index is 0.00000364. The molecule has 1 aliphatic rings. The maximum atomic E-state index is 13.1. The van der Waals surface area contributed by atoms with Crippen molar-refractivity contribution in [3.8, 4) is 0 Å². The maximum absolute atomic E-state index is 13.1. The number of nitrogens with one attached hydrogen (secondary N) is 2. The van der Waals surface area contributed by atoms with Crippen molar-refractivity contribution in [3.05, 3.63) is 35.6 Å². The fourth-order valence-electron chi connectivity index (χ4n) is 2.87. The van der Waals surface area contributed by atoms with Crippen molar-refractivity contribution in [1.29, 1.82) is 0 Å². The number of carbonyl (C=O) groups is 1. The summed E-state index contributed by atoms with van der Waals surface area (Å²) in [5.74, 6) is 2.20. The maximum Gasteiger partial charge on any atom is 0.224 e. The average Bonchev–Trinajstić information content (AvgIpc) is 2.62. The van der Waals surface area contributed by atoms with Crippen LogP contribution >= 0.6 is 35.7 Å². The standard InChI is InChI=1S/C19H29FN4OS.HI/c1-14(2)17-13-24(9-10-26-17)19(21-3)23-8-7-22-18(25)12-15-5-4-6-16(20)11-15;/h4-6,11,14,17H,7-10,12-13H2,1-3H3,(H,21,23)(H,22,25);1H. The van der Waals surface area contributed by atoms with Gasteiger partial charge in [-0.1, -0.05) is 26.0 Å². The summed E-state index contributed by atoms with van der Waals surface area (Å²) in [7, 11) is 1.79. The van der Waals surface area contributed by atoms with Gasteiger partial charge >= 0.3 is 0 Å². The van der Waals surface area contributed by atoms with Crippen LogP contribution in [0.2, 0.25) is 0 Å². The molecule has 152 valence electrons. The average molecular weight is 508 g/mol. The smallest absolute Gasteiger partial charge is 0.224 e. The molecule has 1 atom stereocenters. The molecule has 1 fully saturated rings. The van der Waals surface area contributed by atoms with E-state index in [9.17, 15) is 9.18 Å². The lowest BCUT2D eigenvalue weighted by molar-refractivity contribution is -0.120. The van der Waals surface area contributed by atoms with Gasteiger partial charge in [0.05, 0.1) is 6.42 Å². The van der Waals surface area contributed by atoms with E-state index in [-0.39, 0.29) is 42.1 Å². The number of hydrogen-bond acceptors (Lipinski definition) is 3. The fraction of sp³-hybridized carbons (Fsp3) is 0.579. The molecular weight excluding hydrogens is 478 g/mol. The normalized spacial score (nSPS) is 17.4. The summed E-state index contributed by atoms with van der Waals surface area (Å²) in [6.07, 6.45) is 0.186. The molecule has 0 bridgehead atoms. The van der Waals surface area contributed by atoms with Gasteiger partial charge in [0, 0.05) is 44.2 Å². The molecule has 1 aromatic carbocycles. The first-order chi connectivity index (χ1) is 12.5. The molecule has 0 saturated carbocycles. The number of hydrogen-bond donors (Lipinski definition) is 2. The van der Waals surface area contributed by atoms with Gasteiger partial charge in [0.15, 0.2) is 5.96 Å². The van der Waals surface area contributed by atoms with E-state index in [0.29, 0.717) is 29.8 Å². The van der Waals surface area contributed by atoms with E-state index in [4.69, 9.17) is 0 Å². The number of nitrogens with zero attached hydrogens (tertiary/aromatic N) is 2. The minimum atomic E-state index is -0.319. The Morgan fingerprint density at radius 1 is 1.37 bits per heavy atom. The summed E-state index contributed by atoms with van der Waals surface area (Å²) in [6.45, 7) is 7.60. The predicted octanol–water partition coefficient (Wildman–Crippen LogP) is 2.75. The molecule has 1 saturated heterocycles. The van der Waals surface area contributed by atoms with Crippen LogP contribution in [0.4, 0.5) is 4.39 Å². The van der Waals surface area contributed by atoms with E-state index >= 15 is 0 Å². The van der Waals surface area contributed by atoms with Gasteiger partial charge in [0.25, 0.3) is 0 Å². The van der Waals surface area contributed by atoms with Crippen molar-refractivity contribution in [1.82, 2.24) is 15.5 Å². The van der Waals surface area contributed by atoms with Crippen molar-refractivity contribution in [2.24, 2.45) is 10.9 Å². The van der Waals surface area contributed by atoms with Gasteiger partial charge in [0.1, 0.15) is 5.82 Å². The summed E-state index contributed by atoms with van der Waals surface area (Å²) < 4.78 is 13.1. The highest BCUT2D eigenvalue weighted by Crippen LogP contribution is 2.24. The van der Waals surface area contributed by atoms with Gasteiger partial charge in [-0.3, -0.25) is 9.79 Å². The van der Waals surface area contributed by atoms with Crippen molar-refractivity contribution in [2.75, 3.05) is 39.0 Å². The number of aliphatic imine (C=N–C) groups is 1. The second-order valence-corrected chi connectivity index (χ2v) is 8.08. The molecule has 5 nitrogen and oxygen atoms in total. The molecule has 2 rings (SSSR count). The Morgan fingerprint density at radius 2 is 2.11 bits per heavy atom. The van der Waals surface area contributed by atoms with Crippen LogP contribution in [0.15, 0.2) is 29.3 Å². The molecule has 1 unspecified atom stereocenters. The Bertz CT molecular complexity index is 629. The van der Waals surface area contributed by atoms with Crippen LogP contribution in [0, 0.1) is 11.7 Å². The van der Waals surface area contributed by atoms with Crippen LogP contribution in [0.5, 0.6) is 0 Å². The van der Waals surface area contributed by atoms with Gasteiger partial charge in [-0.05, 0) is 23.6 Å². The van der Waals surface area contributed by atoms with E-state index in [1.165, 1.54) is 12.1 Å². The molecule has 1 amide bonds. The van der Waals surface area contributed by atoms with Crippen LogP contribution in [-0.4, -0.2) is 61.0 Å². The van der Waals surface area contributed by atoms with E-state index in [1.54, 1.807) is 19.2 Å². The van der Waals surface area contributed by atoms with E-state index in [0.717, 1.165) is 24.8 Å². The van der Waals surface area contributed by atoms with Crippen LogP contribution in [0.3, 0.4) is 0 Å². The van der Waals surface area contributed by atoms with Crippen LogP contribution in [0.25, 0.3) is 0 Å². The SMILES string of the molecule is CN=C(NCCNC(=O)Cc1cccc(F)c1)N1CCSC(C(C)C)C1.I. The van der Waals surface area contributed by atoms with Gasteiger partial charge in [-0.25, -0.2) is 4.39 Å². The van der Waals surface area contributed by atoms with E-state index in [1.807, 2.05) is 11.8 Å². The zero-order valence-electron chi connectivity index (χ0n) is 16.2. The molecule has 0 radical (unpaired) electrons. The molecule has 1 heterocycles. The lowest BCUT2D eigenvalue weighted by atomic mass is 10.1. The van der Waals surface area contributed by atoms with Crippen LogP contribution in [-0.2, 0) is 11.2 Å². The molecule has 0 aromatic heterocycles. The molecule has 8 heteroatoms. The predicted molar refractivity (Wildman–Crippen MR) is 123 cm³/mol. The molecule has 1 aromatic rings. The second-order valence-electron chi connectivity index (χ2n) is 6.73. The summed E-state index contributed by atoms with van der Waals surface area (Å²) in [5.41, 5.74) is 0.678. The third-order valence-electron chi connectivity index (χ3n) is 4.33. The minimum Gasteiger partial charge on any atom is -0.354 e. The summed E-state index contributed by atoms with van der Waals surface area (Å²) in [5, 5.41) is 6.80. The van der Waals surface area contributed by atoms with Crippen molar-refractivity contribution in [2.45, 2.75) is 25.5 Å². The quantitative estimate of drug-likeness (QED) is 0.269. The van der Waals surface area contributed by atoms with Crippen LogP contribution < -0.4 is 10.6 Å². The first-order valence-electron chi connectivity index (χ1n) is 9.08. The lowest BCUT2D eigenvalue weighted by Crippen LogP contribution is -2.50. The monoisotopic (exact) mass is 508 g/mol. The number of benzene rings is 1. The van der Waals surface area contributed by atoms with Crippen molar-refractivity contribution < 1.29 is 9.18 Å². The Kier molecular flexibility index (Phi) is 11.1. The number of thioether (sulfide) groups is 1. The largest absolute Gasteiger partial charge is 0.354 e. The zero-order chi connectivity index (χ0) is 18.9. The second kappa shape index (κ2) is 12.4. The van der Waals surface area contributed by atoms with E-state index in [2.05, 4.69) is 34.4 Å². The van der Waals surface area contributed by atoms with Crippen molar-refractivity contribution >= 4 is 47.6 Å². The van der Waals surface area contributed by atoms with Gasteiger partial charge in [-0.15, -0.1) is 24.0 Å². The number of guanidine groups is 1. The number of carbonyl (C=O) groups excluding carboxylic acids is 1. The Hall–Kier alpha value is -1.03.